The minimum Gasteiger partial charge on any atom is -0.384 e. The van der Waals surface area contributed by atoms with Crippen molar-refractivity contribution >= 4 is 11.3 Å². The molecule has 0 spiro atoms. The van der Waals surface area contributed by atoms with Crippen LogP contribution in [0.2, 0.25) is 0 Å². The number of thiophene rings is 1. The first-order chi connectivity index (χ1) is 5.52. The van der Waals surface area contributed by atoms with Gasteiger partial charge in [-0.2, -0.15) is 0 Å². The summed E-state index contributed by atoms with van der Waals surface area (Å²) in [6, 6.07) is 2.03. The van der Waals surface area contributed by atoms with Crippen LogP contribution in [0.3, 0.4) is 0 Å². The Morgan fingerprint density at radius 1 is 1.58 bits per heavy atom. The normalized spacial score (nSPS) is 13.0. The molecule has 1 nitrogen and oxygen atoms in total. The molecule has 0 aliphatic rings. The van der Waals surface area contributed by atoms with Crippen molar-refractivity contribution in [3.63, 3.8) is 0 Å². The van der Waals surface area contributed by atoms with Gasteiger partial charge in [0.15, 0.2) is 0 Å². The lowest BCUT2D eigenvalue weighted by atomic mass is 10.1. The van der Waals surface area contributed by atoms with Gasteiger partial charge in [0.25, 0.3) is 0 Å². The summed E-state index contributed by atoms with van der Waals surface area (Å²) < 4.78 is 0. The maximum atomic E-state index is 9.70. The van der Waals surface area contributed by atoms with Crippen LogP contribution in [0.4, 0.5) is 0 Å². The fraction of sp³-hybridized carbons (Fsp3) is 0.400. The molecule has 0 radical (unpaired) electrons. The third kappa shape index (κ3) is 1.76. The molecule has 12 heavy (non-hydrogen) atoms. The standard InChI is InChI=1S/C10H14OS/c1-6(2)10(11)9-5-7(3)12-8(9)4/h5,10-11H,1H2,2-4H3. The van der Waals surface area contributed by atoms with Crippen molar-refractivity contribution in [2.45, 2.75) is 26.9 Å². The van der Waals surface area contributed by atoms with Crippen molar-refractivity contribution < 1.29 is 5.11 Å². The molecule has 2 heteroatoms. The summed E-state index contributed by atoms with van der Waals surface area (Å²) in [6.45, 7) is 9.66. The molecule has 1 rings (SSSR count). The van der Waals surface area contributed by atoms with Gasteiger partial charge in [0.2, 0.25) is 0 Å². The molecule has 0 saturated carbocycles. The molecule has 1 N–H and O–H groups in total. The minimum absolute atomic E-state index is 0.491. The lowest BCUT2D eigenvalue weighted by molar-refractivity contribution is 0.216. The van der Waals surface area contributed by atoms with Crippen molar-refractivity contribution in [2.24, 2.45) is 0 Å². The summed E-state index contributed by atoms with van der Waals surface area (Å²) in [5.41, 5.74) is 1.81. The summed E-state index contributed by atoms with van der Waals surface area (Å²) in [6.07, 6.45) is -0.491. The SMILES string of the molecule is C=C(C)C(O)c1cc(C)sc1C. The lowest BCUT2D eigenvalue weighted by Gasteiger charge is -2.08. The van der Waals surface area contributed by atoms with E-state index in [1.54, 1.807) is 11.3 Å². The van der Waals surface area contributed by atoms with Crippen LogP contribution in [0.15, 0.2) is 18.2 Å². The summed E-state index contributed by atoms with van der Waals surface area (Å²) >= 11 is 1.71. The number of hydrogen-bond acceptors (Lipinski definition) is 2. The molecule has 1 aromatic rings. The largest absolute Gasteiger partial charge is 0.384 e. The van der Waals surface area contributed by atoms with E-state index in [1.165, 1.54) is 9.75 Å². The van der Waals surface area contributed by atoms with Gasteiger partial charge in [-0.25, -0.2) is 0 Å². The zero-order valence-electron chi connectivity index (χ0n) is 7.72. The molecule has 1 unspecified atom stereocenters. The Labute approximate surface area is 77.4 Å². The maximum absolute atomic E-state index is 9.70. The van der Waals surface area contributed by atoms with Crippen molar-refractivity contribution in [3.8, 4) is 0 Å². The van der Waals surface area contributed by atoms with Gasteiger partial charge in [-0.15, -0.1) is 11.3 Å². The van der Waals surface area contributed by atoms with Gasteiger partial charge >= 0.3 is 0 Å². The van der Waals surface area contributed by atoms with E-state index in [9.17, 15) is 5.11 Å². The highest BCUT2D eigenvalue weighted by Gasteiger charge is 2.12. The first-order valence-corrected chi connectivity index (χ1v) is 4.74. The van der Waals surface area contributed by atoms with Crippen LogP contribution in [0, 0.1) is 13.8 Å². The topological polar surface area (TPSA) is 20.2 Å². The van der Waals surface area contributed by atoms with Crippen molar-refractivity contribution in [3.05, 3.63) is 33.5 Å². The van der Waals surface area contributed by atoms with E-state index >= 15 is 0 Å². The molecule has 0 aliphatic heterocycles. The van der Waals surface area contributed by atoms with E-state index in [-0.39, 0.29) is 0 Å². The molecule has 1 heterocycles. The minimum atomic E-state index is -0.491. The number of aliphatic hydroxyl groups excluding tert-OH is 1. The second-order valence-corrected chi connectivity index (χ2v) is 4.58. The summed E-state index contributed by atoms with van der Waals surface area (Å²) in [5, 5.41) is 9.70. The predicted octanol–water partition coefficient (Wildman–Crippen LogP) is 2.97. The third-order valence-corrected chi connectivity index (χ3v) is 2.82. The molecular weight excluding hydrogens is 168 g/mol. The van der Waals surface area contributed by atoms with E-state index in [4.69, 9.17) is 0 Å². The number of aliphatic hydroxyl groups is 1. The first-order valence-electron chi connectivity index (χ1n) is 3.92. The lowest BCUT2D eigenvalue weighted by Crippen LogP contribution is -1.97. The maximum Gasteiger partial charge on any atom is 0.101 e. The van der Waals surface area contributed by atoms with Crippen LogP contribution < -0.4 is 0 Å². The number of hydrogen-bond donors (Lipinski definition) is 1. The van der Waals surface area contributed by atoms with Gasteiger partial charge in [0.1, 0.15) is 6.10 Å². The van der Waals surface area contributed by atoms with Crippen molar-refractivity contribution in [1.82, 2.24) is 0 Å². The van der Waals surface area contributed by atoms with Crippen LogP contribution in [0.25, 0.3) is 0 Å². The molecule has 0 saturated heterocycles. The van der Waals surface area contributed by atoms with Crippen LogP contribution in [-0.4, -0.2) is 5.11 Å². The average molecular weight is 182 g/mol. The molecule has 1 aromatic heterocycles. The Morgan fingerprint density at radius 2 is 2.17 bits per heavy atom. The van der Waals surface area contributed by atoms with Gasteiger partial charge in [-0.3, -0.25) is 0 Å². The van der Waals surface area contributed by atoms with Crippen molar-refractivity contribution in [2.75, 3.05) is 0 Å². The Bertz CT molecular complexity index is 299. The second kappa shape index (κ2) is 3.42. The molecular formula is C10H14OS. The zero-order chi connectivity index (χ0) is 9.30. The Hall–Kier alpha value is -0.600. The Morgan fingerprint density at radius 3 is 2.50 bits per heavy atom. The van der Waals surface area contributed by atoms with Gasteiger partial charge in [-0.05, 0) is 38.0 Å². The van der Waals surface area contributed by atoms with Gasteiger partial charge in [0.05, 0.1) is 0 Å². The highest BCUT2D eigenvalue weighted by atomic mass is 32.1. The van der Waals surface area contributed by atoms with E-state index in [0.717, 1.165) is 11.1 Å². The highest BCUT2D eigenvalue weighted by molar-refractivity contribution is 7.12. The third-order valence-electron chi connectivity index (χ3n) is 1.84. The summed E-state index contributed by atoms with van der Waals surface area (Å²) in [7, 11) is 0. The Balaban J connectivity index is 3.02. The van der Waals surface area contributed by atoms with Gasteiger partial charge in [-0.1, -0.05) is 6.58 Å². The molecule has 66 valence electrons. The highest BCUT2D eigenvalue weighted by Crippen LogP contribution is 2.29. The number of rotatable bonds is 2. The van der Waals surface area contributed by atoms with E-state index in [1.807, 2.05) is 26.8 Å². The second-order valence-electron chi connectivity index (χ2n) is 3.12. The smallest absolute Gasteiger partial charge is 0.101 e. The predicted molar refractivity (Wildman–Crippen MR) is 53.6 cm³/mol. The Kier molecular flexibility index (Phi) is 2.70. The summed E-state index contributed by atoms with van der Waals surface area (Å²) in [4.78, 5) is 2.42. The van der Waals surface area contributed by atoms with Crippen LogP contribution >= 0.6 is 11.3 Å². The molecule has 0 aliphatic carbocycles. The molecule has 0 fully saturated rings. The van der Waals surface area contributed by atoms with Crippen molar-refractivity contribution in [1.29, 1.82) is 0 Å². The molecule has 0 aromatic carbocycles. The fourth-order valence-electron chi connectivity index (χ4n) is 1.19. The van der Waals surface area contributed by atoms with Gasteiger partial charge < -0.3 is 5.11 Å². The van der Waals surface area contributed by atoms with E-state index < -0.39 is 6.10 Å². The van der Waals surface area contributed by atoms with Crippen LogP contribution in [-0.2, 0) is 0 Å². The fourth-order valence-corrected chi connectivity index (χ4v) is 2.14. The number of aryl methyl sites for hydroxylation is 2. The summed E-state index contributed by atoms with van der Waals surface area (Å²) in [5.74, 6) is 0. The quantitative estimate of drug-likeness (QED) is 0.697. The van der Waals surface area contributed by atoms with E-state index in [2.05, 4.69) is 6.58 Å². The molecule has 0 bridgehead atoms. The average Bonchev–Trinajstić information content (AvgIpc) is 2.28. The van der Waals surface area contributed by atoms with Gasteiger partial charge in [0, 0.05) is 9.75 Å². The van der Waals surface area contributed by atoms with Crippen LogP contribution in [0.5, 0.6) is 0 Å². The van der Waals surface area contributed by atoms with Crippen LogP contribution in [0.1, 0.15) is 28.3 Å². The molecule has 1 atom stereocenters. The van der Waals surface area contributed by atoms with E-state index in [0.29, 0.717) is 0 Å². The molecule has 0 amide bonds. The monoisotopic (exact) mass is 182 g/mol. The zero-order valence-corrected chi connectivity index (χ0v) is 8.53. The first kappa shape index (κ1) is 9.49.